The molecule has 1 aliphatic rings. The van der Waals surface area contributed by atoms with Crippen molar-refractivity contribution in [1.82, 2.24) is 4.90 Å². The monoisotopic (exact) mass is 385 g/mol. The molecule has 0 N–H and O–H groups in total. The fourth-order valence-corrected chi connectivity index (χ4v) is 3.17. The van der Waals surface area contributed by atoms with Gasteiger partial charge in [0.1, 0.15) is 12.4 Å². The van der Waals surface area contributed by atoms with E-state index in [0.29, 0.717) is 12.1 Å². The normalized spacial score (nSPS) is 16.5. The van der Waals surface area contributed by atoms with Crippen LogP contribution >= 0.6 is 0 Å². The lowest BCUT2D eigenvalue weighted by Crippen LogP contribution is -2.33. The topological polar surface area (TPSA) is 123 Å². The summed E-state index contributed by atoms with van der Waals surface area (Å²) in [5.41, 5.74) is 0.748. The molecule has 146 valence electrons. The number of methoxy groups -OCH3 is 1. The molecule has 9 heteroatoms. The number of allylic oxidation sites excluding steroid dienone is 3. The van der Waals surface area contributed by atoms with E-state index in [1.165, 1.54) is 30.2 Å². The number of ether oxygens (including phenoxy) is 2. The van der Waals surface area contributed by atoms with Gasteiger partial charge in [-0.2, -0.15) is 5.26 Å². The zero-order valence-electron chi connectivity index (χ0n) is 15.7. The molecular weight excluding hydrogens is 366 g/mol. The third kappa shape index (κ3) is 3.71. The van der Waals surface area contributed by atoms with E-state index in [4.69, 9.17) is 14.7 Å². The second kappa shape index (κ2) is 8.81. The maximum absolute atomic E-state index is 12.6. The maximum Gasteiger partial charge on any atom is 0.336 e. The highest BCUT2D eigenvalue weighted by atomic mass is 16.6. The van der Waals surface area contributed by atoms with Gasteiger partial charge >= 0.3 is 5.97 Å². The van der Waals surface area contributed by atoms with Crippen LogP contribution in [0.15, 0.2) is 47.0 Å². The predicted molar refractivity (Wildman–Crippen MR) is 97.3 cm³/mol. The summed E-state index contributed by atoms with van der Waals surface area (Å²) in [6, 6.07) is 7.92. The van der Waals surface area contributed by atoms with Crippen LogP contribution in [-0.4, -0.2) is 35.9 Å². The minimum atomic E-state index is -0.955. The van der Waals surface area contributed by atoms with Crippen LogP contribution in [0.5, 0.6) is 0 Å². The minimum absolute atomic E-state index is 0.000498. The van der Waals surface area contributed by atoms with Crippen LogP contribution in [0.1, 0.15) is 31.7 Å². The van der Waals surface area contributed by atoms with Gasteiger partial charge in [0.15, 0.2) is 0 Å². The second-order valence-electron chi connectivity index (χ2n) is 5.92. The summed E-state index contributed by atoms with van der Waals surface area (Å²) >= 11 is 0. The Hall–Kier alpha value is -3.67. The number of nitro groups is 1. The van der Waals surface area contributed by atoms with Crippen molar-refractivity contribution in [1.29, 1.82) is 5.26 Å². The Bertz CT molecular complexity index is 912. The van der Waals surface area contributed by atoms with E-state index in [1.807, 2.05) is 6.07 Å². The van der Waals surface area contributed by atoms with E-state index < -0.39 is 16.8 Å². The van der Waals surface area contributed by atoms with Crippen LogP contribution in [0.4, 0.5) is 5.69 Å². The fraction of sp³-hybridized carbons (Fsp3) is 0.316. The molecule has 1 aliphatic heterocycles. The second-order valence-corrected chi connectivity index (χ2v) is 5.92. The molecule has 1 amide bonds. The van der Waals surface area contributed by atoms with Gasteiger partial charge in [-0.25, -0.2) is 4.79 Å². The number of rotatable bonds is 7. The molecule has 1 heterocycles. The summed E-state index contributed by atoms with van der Waals surface area (Å²) < 4.78 is 10.6. The number of nitrogens with zero attached hydrogens (tertiary/aromatic N) is 3. The third-order valence-electron chi connectivity index (χ3n) is 4.45. The first-order chi connectivity index (χ1) is 13.4. The van der Waals surface area contributed by atoms with E-state index in [2.05, 4.69) is 0 Å². The molecule has 0 aromatic heterocycles. The molecule has 1 aromatic rings. The average molecular weight is 385 g/mol. The quantitative estimate of drug-likeness (QED) is 0.232. The van der Waals surface area contributed by atoms with Gasteiger partial charge in [-0.1, -0.05) is 18.2 Å². The molecule has 0 fully saturated rings. The Morgan fingerprint density at radius 2 is 2.04 bits per heavy atom. The number of hydrogen-bond donors (Lipinski definition) is 0. The van der Waals surface area contributed by atoms with Crippen molar-refractivity contribution >= 4 is 18.1 Å². The molecule has 0 spiro atoms. The number of amides is 1. The van der Waals surface area contributed by atoms with Crippen molar-refractivity contribution in [3.8, 4) is 6.07 Å². The van der Waals surface area contributed by atoms with Crippen molar-refractivity contribution in [3.05, 3.63) is 62.7 Å². The smallest absolute Gasteiger partial charge is 0.336 e. The number of esters is 1. The molecule has 1 atom stereocenters. The molecule has 2 rings (SSSR count). The Balaban J connectivity index is 2.78. The van der Waals surface area contributed by atoms with Gasteiger partial charge in [-0.15, -0.1) is 0 Å². The highest BCUT2D eigenvalue weighted by molar-refractivity contribution is 5.93. The zero-order valence-corrected chi connectivity index (χ0v) is 15.7. The van der Waals surface area contributed by atoms with Crippen molar-refractivity contribution in [3.63, 3.8) is 0 Å². The lowest BCUT2D eigenvalue weighted by Gasteiger charge is -2.34. The van der Waals surface area contributed by atoms with Gasteiger partial charge < -0.3 is 9.47 Å². The molecule has 1 aromatic carbocycles. The number of carbonyl (C=O) groups is 2. The minimum Gasteiger partial charge on any atom is -0.494 e. The van der Waals surface area contributed by atoms with Gasteiger partial charge in [0.05, 0.1) is 41.7 Å². The Labute approximate surface area is 161 Å². The fourth-order valence-electron chi connectivity index (χ4n) is 3.17. The molecule has 0 aliphatic carbocycles. The van der Waals surface area contributed by atoms with Crippen molar-refractivity contribution < 1.29 is 24.0 Å². The summed E-state index contributed by atoms with van der Waals surface area (Å²) in [6.07, 6.45) is 0.592. The van der Waals surface area contributed by atoms with Crippen LogP contribution in [0.3, 0.4) is 0 Å². The van der Waals surface area contributed by atoms with E-state index in [0.717, 1.165) is 0 Å². The lowest BCUT2D eigenvalue weighted by molar-refractivity contribution is -0.385. The average Bonchev–Trinajstić information content (AvgIpc) is 2.69. The molecule has 0 radical (unpaired) electrons. The Morgan fingerprint density at radius 3 is 2.61 bits per heavy atom. The molecule has 28 heavy (non-hydrogen) atoms. The molecule has 0 saturated heterocycles. The van der Waals surface area contributed by atoms with Crippen LogP contribution in [-0.2, 0) is 19.1 Å². The van der Waals surface area contributed by atoms with Crippen molar-refractivity contribution in [2.24, 2.45) is 0 Å². The number of benzene rings is 1. The van der Waals surface area contributed by atoms with Crippen LogP contribution in [0, 0.1) is 21.4 Å². The zero-order chi connectivity index (χ0) is 20.8. The summed E-state index contributed by atoms with van der Waals surface area (Å²) in [5, 5.41) is 20.4. The largest absolute Gasteiger partial charge is 0.494 e. The first-order valence-corrected chi connectivity index (χ1v) is 8.36. The number of para-hydroxylation sites is 1. The van der Waals surface area contributed by atoms with Crippen LogP contribution in [0.2, 0.25) is 0 Å². The van der Waals surface area contributed by atoms with Gasteiger partial charge in [0.2, 0.25) is 6.41 Å². The predicted octanol–water partition coefficient (Wildman–Crippen LogP) is 2.76. The summed E-state index contributed by atoms with van der Waals surface area (Å²) in [5.74, 6) is -1.51. The van der Waals surface area contributed by atoms with Crippen LogP contribution < -0.4 is 0 Å². The van der Waals surface area contributed by atoms with Crippen LogP contribution in [0.25, 0.3) is 0 Å². The van der Waals surface area contributed by atoms with Gasteiger partial charge in [-0.3, -0.25) is 19.8 Å². The first kappa shape index (κ1) is 20.6. The number of hydrogen-bond acceptors (Lipinski definition) is 7. The number of nitro benzene ring substituents is 1. The highest BCUT2D eigenvalue weighted by Gasteiger charge is 2.40. The van der Waals surface area contributed by atoms with Gasteiger partial charge in [0, 0.05) is 17.3 Å². The number of carbonyl (C=O) groups excluding carboxylic acids is 2. The molecule has 0 saturated carbocycles. The Morgan fingerprint density at radius 1 is 1.36 bits per heavy atom. The lowest BCUT2D eigenvalue weighted by atomic mass is 9.83. The maximum atomic E-state index is 12.6. The molecule has 9 nitrogen and oxygen atoms in total. The highest BCUT2D eigenvalue weighted by Crippen LogP contribution is 2.44. The first-order valence-electron chi connectivity index (χ1n) is 8.36. The summed E-state index contributed by atoms with van der Waals surface area (Å²) in [6.45, 7) is 3.16. The van der Waals surface area contributed by atoms with E-state index in [9.17, 15) is 19.7 Å². The van der Waals surface area contributed by atoms with Crippen molar-refractivity contribution in [2.75, 3.05) is 13.7 Å². The SMILES string of the molecule is COC(=O)C1=C(C)N(C=O)C(C)=C(OCCC#N)C1c1ccccc1[N+](=O)[O-]. The Kier molecular flexibility index (Phi) is 6.50. The molecule has 0 bridgehead atoms. The summed E-state index contributed by atoms with van der Waals surface area (Å²) in [7, 11) is 1.19. The number of nitriles is 1. The summed E-state index contributed by atoms with van der Waals surface area (Å²) in [4.78, 5) is 36.4. The molecule has 1 unspecified atom stereocenters. The third-order valence-corrected chi connectivity index (χ3v) is 4.45. The van der Waals surface area contributed by atoms with E-state index in [-0.39, 0.29) is 41.3 Å². The standard InChI is InChI=1S/C19H19N3O6/c1-12-16(19(24)27-3)17(14-7-4-5-8-15(14)22(25)26)18(28-10-6-9-20)13(2)21(12)11-23/h4-5,7-8,11,17H,6,10H2,1-3H3. The molecular formula is C19H19N3O6. The van der Waals surface area contributed by atoms with Gasteiger partial charge in [0.25, 0.3) is 5.69 Å². The van der Waals surface area contributed by atoms with E-state index in [1.54, 1.807) is 19.9 Å². The van der Waals surface area contributed by atoms with Crippen molar-refractivity contribution in [2.45, 2.75) is 26.2 Å². The van der Waals surface area contributed by atoms with E-state index >= 15 is 0 Å². The van der Waals surface area contributed by atoms with Gasteiger partial charge in [-0.05, 0) is 13.8 Å².